The molecule has 0 spiro atoms. The predicted octanol–water partition coefficient (Wildman–Crippen LogP) is 3.24. The lowest BCUT2D eigenvalue weighted by molar-refractivity contribution is -0.157. The maximum atomic E-state index is 12.5. The molecule has 31 heavy (non-hydrogen) atoms. The molecule has 1 N–H and O–H groups in total. The van der Waals surface area contributed by atoms with Crippen LogP contribution in [0.4, 0.5) is 5.69 Å². The average molecular weight is 429 g/mol. The molecule has 0 heterocycles. The number of nitrogens with one attached hydrogen (secondary N) is 1. The van der Waals surface area contributed by atoms with Gasteiger partial charge in [-0.3, -0.25) is 14.4 Å². The van der Waals surface area contributed by atoms with Crippen molar-refractivity contribution >= 4 is 23.5 Å². The smallest absolute Gasteiger partial charge is 0.306 e. The largest absolute Gasteiger partial charge is 0.497 e. The first-order valence-electron chi connectivity index (χ1n) is 11.2. The monoisotopic (exact) mass is 428 g/mol. The van der Waals surface area contributed by atoms with E-state index in [-0.39, 0.29) is 36.4 Å². The lowest BCUT2D eigenvalue weighted by Gasteiger charge is -2.56. The van der Waals surface area contributed by atoms with Gasteiger partial charge in [-0.1, -0.05) is 6.07 Å². The number of esters is 1. The van der Waals surface area contributed by atoms with E-state index in [0.717, 1.165) is 37.0 Å². The third kappa shape index (κ3) is 5.20. The van der Waals surface area contributed by atoms with Crippen LogP contribution in [0.25, 0.3) is 0 Å². The van der Waals surface area contributed by atoms with E-state index in [4.69, 9.17) is 9.47 Å². The molecule has 4 fully saturated rings. The average Bonchev–Trinajstić information content (AvgIpc) is 2.70. The quantitative estimate of drug-likeness (QED) is 0.643. The summed E-state index contributed by atoms with van der Waals surface area (Å²) in [7, 11) is 3.08. The Bertz CT molecular complexity index is 817. The van der Waals surface area contributed by atoms with Crippen LogP contribution in [-0.4, -0.2) is 50.0 Å². The number of nitrogens with zero attached hydrogens (tertiary/aromatic N) is 1. The minimum Gasteiger partial charge on any atom is -0.497 e. The summed E-state index contributed by atoms with van der Waals surface area (Å²) < 4.78 is 10.4. The highest BCUT2D eigenvalue weighted by Crippen LogP contribution is 2.61. The van der Waals surface area contributed by atoms with Gasteiger partial charge in [0.25, 0.3) is 5.91 Å². The number of rotatable bonds is 8. The second-order valence-corrected chi connectivity index (χ2v) is 9.78. The Morgan fingerprint density at radius 2 is 1.74 bits per heavy atom. The Balaban J connectivity index is 1.21. The molecule has 4 aliphatic carbocycles. The van der Waals surface area contributed by atoms with Crippen LogP contribution in [-0.2, 0) is 19.1 Å². The van der Waals surface area contributed by atoms with Crippen LogP contribution in [0.3, 0.4) is 0 Å². The zero-order valence-electron chi connectivity index (χ0n) is 18.4. The number of benzene rings is 1. The Morgan fingerprint density at radius 3 is 2.35 bits per heavy atom. The van der Waals surface area contributed by atoms with Crippen molar-refractivity contribution < 1.29 is 23.9 Å². The maximum Gasteiger partial charge on any atom is 0.306 e. The zero-order valence-corrected chi connectivity index (χ0v) is 18.4. The van der Waals surface area contributed by atoms with Crippen LogP contribution in [0, 0.1) is 23.2 Å². The van der Waals surface area contributed by atoms with Crippen LogP contribution in [0.5, 0.6) is 5.75 Å². The second-order valence-electron chi connectivity index (χ2n) is 9.78. The van der Waals surface area contributed by atoms with Crippen molar-refractivity contribution in [3.05, 3.63) is 24.3 Å². The van der Waals surface area contributed by atoms with Gasteiger partial charge >= 0.3 is 5.97 Å². The Hall–Kier alpha value is -2.57. The summed E-state index contributed by atoms with van der Waals surface area (Å²) in [6, 6.07) is 7.00. The molecule has 4 bridgehead atoms. The molecule has 0 saturated heterocycles. The van der Waals surface area contributed by atoms with Crippen molar-refractivity contribution in [3.63, 3.8) is 0 Å². The number of ether oxygens (including phenoxy) is 2. The number of anilines is 1. The second kappa shape index (κ2) is 8.89. The number of likely N-dealkylation sites (N-methyl/N-ethyl adjacent to an activating group) is 1. The normalized spacial score (nSPS) is 28.1. The van der Waals surface area contributed by atoms with E-state index in [1.54, 1.807) is 31.4 Å². The van der Waals surface area contributed by atoms with Crippen LogP contribution in [0.2, 0.25) is 0 Å². The van der Waals surface area contributed by atoms with Gasteiger partial charge in [-0.15, -0.1) is 0 Å². The lowest BCUT2D eigenvalue weighted by Crippen LogP contribution is -2.47. The van der Waals surface area contributed by atoms with Crippen molar-refractivity contribution in [1.82, 2.24) is 4.90 Å². The molecule has 7 heteroatoms. The molecule has 4 saturated carbocycles. The summed E-state index contributed by atoms with van der Waals surface area (Å²) in [4.78, 5) is 38.3. The number of hydrogen-bond donors (Lipinski definition) is 1. The number of carbonyl (C=O) groups is 3. The molecule has 0 radical (unpaired) electrons. The highest BCUT2D eigenvalue weighted by molar-refractivity contribution is 5.94. The number of amides is 2. The molecule has 0 aromatic heterocycles. The van der Waals surface area contributed by atoms with E-state index in [1.807, 2.05) is 0 Å². The highest BCUT2D eigenvalue weighted by atomic mass is 16.5. The molecule has 4 aliphatic rings. The van der Waals surface area contributed by atoms with E-state index in [2.05, 4.69) is 5.32 Å². The van der Waals surface area contributed by atoms with Gasteiger partial charge in [0.15, 0.2) is 6.61 Å². The summed E-state index contributed by atoms with van der Waals surface area (Å²) in [5.41, 5.74) is 0.685. The van der Waals surface area contributed by atoms with Gasteiger partial charge in [0, 0.05) is 18.8 Å². The predicted molar refractivity (Wildman–Crippen MR) is 115 cm³/mol. The van der Waals surface area contributed by atoms with Gasteiger partial charge in [-0.25, -0.2) is 0 Å². The van der Waals surface area contributed by atoms with Crippen molar-refractivity contribution in [2.24, 2.45) is 23.2 Å². The first kappa shape index (κ1) is 21.7. The van der Waals surface area contributed by atoms with Crippen LogP contribution in [0.1, 0.15) is 44.9 Å². The van der Waals surface area contributed by atoms with Gasteiger partial charge in [0.05, 0.1) is 20.1 Å². The minimum absolute atomic E-state index is 0.0947. The van der Waals surface area contributed by atoms with Gasteiger partial charge in [0.1, 0.15) is 5.75 Å². The van der Waals surface area contributed by atoms with Gasteiger partial charge < -0.3 is 19.7 Å². The molecule has 1 aromatic carbocycles. The summed E-state index contributed by atoms with van der Waals surface area (Å²) in [6.45, 7) is -0.448. The van der Waals surface area contributed by atoms with Crippen molar-refractivity contribution in [3.8, 4) is 5.75 Å². The van der Waals surface area contributed by atoms with Gasteiger partial charge in [-0.2, -0.15) is 0 Å². The molecule has 0 aliphatic heterocycles. The Morgan fingerprint density at radius 1 is 1.10 bits per heavy atom. The molecule has 0 unspecified atom stereocenters. The third-order valence-electron chi connectivity index (χ3n) is 7.20. The molecular weight excluding hydrogens is 396 g/mol. The fourth-order valence-corrected chi connectivity index (χ4v) is 6.32. The minimum atomic E-state index is -0.389. The molecule has 2 amide bonds. The number of carbonyl (C=O) groups excluding carboxylic acids is 3. The molecule has 1 aromatic rings. The third-order valence-corrected chi connectivity index (χ3v) is 7.20. The molecule has 7 nitrogen and oxygen atoms in total. The van der Waals surface area contributed by atoms with E-state index in [1.165, 1.54) is 31.2 Å². The Kier molecular flexibility index (Phi) is 6.21. The van der Waals surface area contributed by atoms with Gasteiger partial charge in [-0.05, 0) is 73.8 Å². The lowest BCUT2D eigenvalue weighted by atomic mass is 9.49. The van der Waals surface area contributed by atoms with Gasteiger partial charge in [0.2, 0.25) is 5.91 Å². The highest BCUT2D eigenvalue weighted by Gasteiger charge is 2.51. The summed E-state index contributed by atoms with van der Waals surface area (Å²) in [5.74, 6) is 1.95. The topological polar surface area (TPSA) is 84.9 Å². The maximum absolute atomic E-state index is 12.5. The fourth-order valence-electron chi connectivity index (χ4n) is 6.32. The molecule has 0 atom stereocenters. The van der Waals surface area contributed by atoms with E-state index in [9.17, 15) is 14.4 Å². The first-order chi connectivity index (χ1) is 14.8. The summed E-state index contributed by atoms with van der Waals surface area (Å²) in [5, 5.41) is 2.73. The number of hydrogen-bond acceptors (Lipinski definition) is 5. The standard InChI is InChI=1S/C24H32N2O5/c1-26(14-21(27)25-19-4-3-5-20(9-19)30-2)22(28)15-31-23(29)13-24-10-16-6-17(11-24)8-18(7-16)12-24/h3-5,9,16-18H,6-8,10-15H2,1-2H3,(H,25,27). The fraction of sp³-hybridized carbons (Fsp3) is 0.625. The number of methoxy groups -OCH3 is 1. The van der Waals surface area contributed by atoms with E-state index < -0.39 is 0 Å². The van der Waals surface area contributed by atoms with E-state index in [0.29, 0.717) is 17.9 Å². The first-order valence-corrected chi connectivity index (χ1v) is 11.2. The summed E-state index contributed by atoms with van der Waals surface area (Å²) >= 11 is 0. The van der Waals surface area contributed by atoms with Crippen molar-refractivity contribution in [2.45, 2.75) is 44.9 Å². The van der Waals surface area contributed by atoms with Crippen molar-refractivity contribution in [2.75, 3.05) is 32.6 Å². The van der Waals surface area contributed by atoms with Crippen molar-refractivity contribution in [1.29, 1.82) is 0 Å². The molecule has 5 rings (SSSR count). The Labute approximate surface area is 183 Å². The summed E-state index contributed by atoms with van der Waals surface area (Å²) in [6.07, 6.45) is 7.80. The zero-order chi connectivity index (χ0) is 22.0. The van der Waals surface area contributed by atoms with Crippen LogP contribution >= 0.6 is 0 Å². The SMILES string of the molecule is COc1cccc(NC(=O)CN(C)C(=O)COC(=O)CC23CC4CC(CC(C4)C2)C3)c1. The van der Waals surface area contributed by atoms with Crippen LogP contribution in [0.15, 0.2) is 24.3 Å². The van der Waals surface area contributed by atoms with E-state index >= 15 is 0 Å². The molecular formula is C24H32N2O5. The van der Waals surface area contributed by atoms with Crippen LogP contribution < -0.4 is 10.1 Å². The molecule has 168 valence electrons.